The van der Waals surface area contributed by atoms with Crippen molar-refractivity contribution in [1.82, 2.24) is 5.32 Å². The fraction of sp³-hybridized carbons (Fsp3) is 0.500. The third kappa shape index (κ3) is 4.32. The summed E-state index contributed by atoms with van der Waals surface area (Å²) in [6, 6.07) is 5.36. The number of rotatable bonds is 6. The normalized spacial score (nSPS) is 12.8. The molecule has 0 fully saturated rings. The van der Waals surface area contributed by atoms with E-state index in [1.807, 2.05) is 0 Å². The van der Waals surface area contributed by atoms with Gasteiger partial charge in [-0.2, -0.15) is 11.8 Å². The number of likely N-dealkylation sites (N-methyl/N-ethyl adjacent to an activating group) is 1. The van der Waals surface area contributed by atoms with Crippen molar-refractivity contribution in [3.63, 3.8) is 0 Å². The number of nitrogens with one attached hydrogen (secondary N) is 1. The Hall–Kier alpha value is -0.250. The van der Waals surface area contributed by atoms with E-state index in [0.29, 0.717) is 6.04 Å². The van der Waals surface area contributed by atoms with Gasteiger partial charge >= 0.3 is 0 Å². The molecule has 0 saturated carbocycles. The molecule has 0 amide bonds. The summed E-state index contributed by atoms with van der Waals surface area (Å²) in [5.41, 5.74) is 1.08. The number of halogens is 2. The monoisotopic (exact) mass is 261 g/mol. The summed E-state index contributed by atoms with van der Waals surface area (Å²) in [6.45, 7) is 3.03. The third-order valence-corrected chi connectivity index (χ3v) is 3.35. The van der Waals surface area contributed by atoms with Gasteiger partial charge in [0, 0.05) is 11.8 Å². The number of benzene rings is 1. The van der Waals surface area contributed by atoms with Gasteiger partial charge in [-0.05, 0) is 36.9 Å². The van der Waals surface area contributed by atoms with E-state index in [1.54, 1.807) is 23.9 Å². The van der Waals surface area contributed by atoms with Crippen LogP contribution in [0.15, 0.2) is 18.2 Å². The Morgan fingerprint density at radius 1 is 1.50 bits per heavy atom. The molecule has 1 atom stereocenters. The predicted octanol–water partition coefficient (Wildman–Crippen LogP) is 3.36. The van der Waals surface area contributed by atoms with Crippen molar-refractivity contribution in [3.05, 3.63) is 34.6 Å². The van der Waals surface area contributed by atoms with Crippen LogP contribution in [-0.2, 0) is 6.42 Å². The van der Waals surface area contributed by atoms with Gasteiger partial charge in [0.05, 0.1) is 5.02 Å². The first kappa shape index (κ1) is 13.8. The molecule has 0 bridgehead atoms. The zero-order valence-corrected chi connectivity index (χ0v) is 11.2. The van der Waals surface area contributed by atoms with Crippen LogP contribution in [-0.4, -0.2) is 24.6 Å². The smallest absolute Gasteiger partial charge is 0.141 e. The van der Waals surface area contributed by atoms with Gasteiger partial charge in [0.1, 0.15) is 5.82 Å². The first-order valence-corrected chi connectivity index (χ1v) is 7.10. The maximum atomic E-state index is 13.0. The molecule has 0 spiro atoms. The molecule has 0 aliphatic heterocycles. The molecule has 0 radical (unpaired) electrons. The number of hydrogen-bond acceptors (Lipinski definition) is 2. The van der Waals surface area contributed by atoms with E-state index < -0.39 is 0 Å². The molecule has 0 aliphatic carbocycles. The topological polar surface area (TPSA) is 12.0 Å². The van der Waals surface area contributed by atoms with E-state index in [2.05, 4.69) is 18.5 Å². The average Bonchev–Trinajstić information content (AvgIpc) is 2.24. The lowest BCUT2D eigenvalue weighted by atomic mass is 10.1. The average molecular weight is 262 g/mol. The molecular weight excluding hydrogens is 245 g/mol. The highest BCUT2D eigenvalue weighted by molar-refractivity contribution is 7.98. The molecule has 0 saturated heterocycles. The van der Waals surface area contributed by atoms with E-state index in [1.165, 1.54) is 6.07 Å². The lowest BCUT2D eigenvalue weighted by molar-refractivity contribution is 0.571. The van der Waals surface area contributed by atoms with E-state index in [0.717, 1.165) is 24.3 Å². The SMILES string of the molecule is CCNC(CSC)Cc1ccc(F)c(Cl)c1. The van der Waals surface area contributed by atoms with Crippen LogP contribution >= 0.6 is 23.4 Å². The molecule has 1 rings (SSSR count). The Kier molecular flexibility index (Phi) is 6.17. The molecule has 90 valence electrons. The van der Waals surface area contributed by atoms with E-state index >= 15 is 0 Å². The van der Waals surface area contributed by atoms with Crippen molar-refractivity contribution >= 4 is 23.4 Å². The minimum Gasteiger partial charge on any atom is -0.313 e. The first-order chi connectivity index (χ1) is 7.67. The molecule has 1 aromatic rings. The van der Waals surface area contributed by atoms with Crippen LogP contribution in [0.3, 0.4) is 0 Å². The van der Waals surface area contributed by atoms with Crippen molar-refractivity contribution in [2.45, 2.75) is 19.4 Å². The molecule has 0 aliphatic rings. The van der Waals surface area contributed by atoms with Crippen molar-refractivity contribution in [3.8, 4) is 0 Å². The fourth-order valence-corrected chi connectivity index (χ4v) is 2.47. The summed E-state index contributed by atoms with van der Waals surface area (Å²) >= 11 is 7.56. The second-order valence-corrected chi connectivity index (χ2v) is 4.98. The zero-order valence-electron chi connectivity index (χ0n) is 9.59. The minimum atomic E-state index is -0.352. The summed E-state index contributed by atoms with van der Waals surface area (Å²) in [7, 11) is 0. The highest BCUT2D eigenvalue weighted by Crippen LogP contribution is 2.17. The van der Waals surface area contributed by atoms with Crippen LogP contribution in [0.25, 0.3) is 0 Å². The summed E-state index contributed by atoms with van der Waals surface area (Å²) in [4.78, 5) is 0. The van der Waals surface area contributed by atoms with Crippen molar-refractivity contribution in [2.75, 3.05) is 18.6 Å². The molecule has 0 heterocycles. The first-order valence-electron chi connectivity index (χ1n) is 5.33. The molecule has 1 N–H and O–H groups in total. The highest BCUT2D eigenvalue weighted by atomic mass is 35.5. The Bertz CT molecular complexity index is 327. The third-order valence-electron chi connectivity index (χ3n) is 2.33. The lowest BCUT2D eigenvalue weighted by Crippen LogP contribution is -2.33. The Balaban J connectivity index is 2.65. The Labute approximate surface area is 106 Å². The van der Waals surface area contributed by atoms with Crippen molar-refractivity contribution in [1.29, 1.82) is 0 Å². The van der Waals surface area contributed by atoms with Gasteiger partial charge in [0.2, 0.25) is 0 Å². The summed E-state index contributed by atoms with van der Waals surface area (Å²) < 4.78 is 13.0. The van der Waals surface area contributed by atoms with Gasteiger partial charge in [-0.1, -0.05) is 24.6 Å². The highest BCUT2D eigenvalue weighted by Gasteiger charge is 2.09. The maximum Gasteiger partial charge on any atom is 0.141 e. The molecule has 1 nitrogen and oxygen atoms in total. The summed E-state index contributed by atoms with van der Waals surface area (Å²) in [5, 5.41) is 3.61. The summed E-state index contributed by atoms with van der Waals surface area (Å²) in [5.74, 6) is 0.693. The lowest BCUT2D eigenvalue weighted by Gasteiger charge is -2.16. The van der Waals surface area contributed by atoms with Gasteiger partial charge in [0.25, 0.3) is 0 Å². The van der Waals surface area contributed by atoms with Gasteiger partial charge in [-0.25, -0.2) is 4.39 Å². The maximum absolute atomic E-state index is 13.0. The van der Waals surface area contributed by atoms with E-state index in [-0.39, 0.29) is 10.8 Å². The van der Waals surface area contributed by atoms with Crippen LogP contribution in [0, 0.1) is 5.82 Å². The Morgan fingerprint density at radius 2 is 2.25 bits per heavy atom. The zero-order chi connectivity index (χ0) is 12.0. The molecule has 0 aromatic heterocycles. The fourth-order valence-electron chi connectivity index (χ4n) is 1.63. The number of thioether (sulfide) groups is 1. The van der Waals surface area contributed by atoms with Crippen LogP contribution in [0.5, 0.6) is 0 Å². The minimum absolute atomic E-state index is 0.205. The van der Waals surface area contributed by atoms with Crippen LogP contribution in [0.2, 0.25) is 5.02 Å². The molecule has 4 heteroatoms. The van der Waals surface area contributed by atoms with Crippen LogP contribution < -0.4 is 5.32 Å². The second kappa shape index (κ2) is 7.15. The molecule has 16 heavy (non-hydrogen) atoms. The van der Waals surface area contributed by atoms with Crippen molar-refractivity contribution < 1.29 is 4.39 Å². The summed E-state index contributed by atoms with van der Waals surface area (Å²) in [6.07, 6.45) is 2.97. The van der Waals surface area contributed by atoms with E-state index in [4.69, 9.17) is 11.6 Å². The largest absolute Gasteiger partial charge is 0.313 e. The predicted molar refractivity (Wildman–Crippen MR) is 71.0 cm³/mol. The van der Waals surface area contributed by atoms with Crippen molar-refractivity contribution in [2.24, 2.45) is 0 Å². The van der Waals surface area contributed by atoms with Crippen LogP contribution in [0.4, 0.5) is 4.39 Å². The van der Waals surface area contributed by atoms with Gasteiger partial charge in [-0.3, -0.25) is 0 Å². The quantitative estimate of drug-likeness (QED) is 0.843. The van der Waals surface area contributed by atoms with E-state index in [9.17, 15) is 4.39 Å². The standard InChI is InChI=1S/C12H17ClFNS/c1-3-15-10(8-16-2)6-9-4-5-12(14)11(13)7-9/h4-5,7,10,15H,3,6,8H2,1-2H3. The second-order valence-electron chi connectivity index (χ2n) is 3.66. The molecule has 1 aromatic carbocycles. The van der Waals surface area contributed by atoms with Gasteiger partial charge < -0.3 is 5.32 Å². The van der Waals surface area contributed by atoms with Gasteiger partial charge in [0.15, 0.2) is 0 Å². The van der Waals surface area contributed by atoms with Crippen LogP contribution in [0.1, 0.15) is 12.5 Å². The Morgan fingerprint density at radius 3 is 2.81 bits per heavy atom. The number of hydrogen-bond donors (Lipinski definition) is 1. The van der Waals surface area contributed by atoms with Gasteiger partial charge in [-0.15, -0.1) is 0 Å². The molecular formula is C12H17ClFNS. The molecule has 1 unspecified atom stereocenters.